The summed E-state index contributed by atoms with van der Waals surface area (Å²) in [6, 6.07) is 0. The minimum atomic E-state index is -0.773. The van der Waals surface area contributed by atoms with Crippen molar-refractivity contribution in [1.82, 2.24) is 0 Å². The standard InChI is InChI=1S/C62H114O6/c1-4-7-10-13-16-19-22-25-27-29-30-31-32-34-35-37-40-43-46-49-52-55-61(64)67-58-59(57-66-60(63)54-51-48-45-42-39-24-21-18-15-12-9-6-3)68-62(65)56-53-50-47-44-41-38-36-33-28-26-23-20-17-14-11-8-5-2/h8,11,17,20,26,28,59H,4-7,9-10,12-16,18-19,21-25,27,29-58H2,1-3H3/b11-8-,20-17-,28-26-. The third kappa shape index (κ3) is 54.6. The number of rotatable bonds is 55. The number of carbonyl (C=O) groups is 3. The van der Waals surface area contributed by atoms with Gasteiger partial charge in [-0.05, 0) is 51.4 Å². The molecule has 0 aliphatic carbocycles. The fourth-order valence-corrected chi connectivity index (χ4v) is 8.93. The van der Waals surface area contributed by atoms with Gasteiger partial charge >= 0.3 is 17.9 Å². The highest BCUT2D eigenvalue weighted by Gasteiger charge is 2.19. The maximum absolute atomic E-state index is 12.9. The highest BCUT2D eigenvalue weighted by atomic mass is 16.6. The van der Waals surface area contributed by atoms with Gasteiger partial charge in [-0.3, -0.25) is 14.4 Å². The SMILES string of the molecule is CC/C=C\C/C=C\C/C=C\CCCCCCCCCC(=O)OC(COC(=O)CCCCCCCCCCCCCC)COC(=O)CCCCCCCCCCCCCCCCCCCCCCC. The first-order valence-electron chi connectivity index (χ1n) is 30.0. The van der Waals surface area contributed by atoms with Crippen molar-refractivity contribution in [3.8, 4) is 0 Å². The van der Waals surface area contributed by atoms with Crippen LogP contribution >= 0.6 is 0 Å². The van der Waals surface area contributed by atoms with Gasteiger partial charge in [0.25, 0.3) is 0 Å². The number of esters is 3. The molecular weight excluding hydrogens is 841 g/mol. The summed E-state index contributed by atoms with van der Waals surface area (Å²) in [4.78, 5) is 38.2. The molecule has 68 heavy (non-hydrogen) atoms. The molecular formula is C62H114O6. The average molecular weight is 956 g/mol. The van der Waals surface area contributed by atoms with E-state index in [9.17, 15) is 14.4 Å². The second-order valence-electron chi connectivity index (χ2n) is 20.2. The monoisotopic (exact) mass is 955 g/mol. The van der Waals surface area contributed by atoms with E-state index < -0.39 is 6.10 Å². The van der Waals surface area contributed by atoms with E-state index in [1.54, 1.807) is 0 Å². The maximum Gasteiger partial charge on any atom is 0.306 e. The van der Waals surface area contributed by atoms with Crippen LogP contribution in [0.3, 0.4) is 0 Å². The van der Waals surface area contributed by atoms with Crippen LogP contribution in [0.5, 0.6) is 0 Å². The van der Waals surface area contributed by atoms with Crippen molar-refractivity contribution < 1.29 is 28.6 Å². The predicted molar refractivity (Wildman–Crippen MR) is 293 cm³/mol. The Kier molecular flexibility index (Phi) is 55.2. The fourth-order valence-electron chi connectivity index (χ4n) is 8.93. The third-order valence-electron chi connectivity index (χ3n) is 13.4. The largest absolute Gasteiger partial charge is 0.462 e. The van der Waals surface area contributed by atoms with Gasteiger partial charge in [0.1, 0.15) is 13.2 Å². The Hall–Kier alpha value is -2.37. The van der Waals surface area contributed by atoms with Crippen molar-refractivity contribution in [1.29, 1.82) is 0 Å². The molecule has 0 aromatic rings. The van der Waals surface area contributed by atoms with Gasteiger partial charge in [0, 0.05) is 19.3 Å². The Balaban J connectivity index is 4.28. The molecule has 0 rings (SSSR count). The molecule has 0 radical (unpaired) electrons. The van der Waals surface area contributed by atoms with Gasteiger partial charge in [-0.15, -0.1) is 0 Å². The van der Waals surface area contributed by atoms with Crippen molar-refractivity contribution in [3.63, 3.8) is 0 Å². The minimum Gasteiger partial charge on any atom is -0.462 e. The molecule has 6 nitrogen and oxygen atoms in total. The first-order valence-corrected chi connectivity index (χ1v) is 30.0. The summed E-state index contributed by atoms with van der Waals surface area (Å²) in [6.45, 7) is 6.57. The zero-order valence-electron chi connectivity index (χ0n) is 45.6. The Morgan fingerprint density at radius 3 is 0.897 bits per heavy atom. The van der Waals surface area contributed by atoms with E-state index in [1.165, 1.54) is 199 Å². The number of hydrogen-bond acceptors (Lipinski definition) is 6. The lowest BCUT2D eigenvalue weighted by Gasteiger charge is -2.18. The molecule has 398 valence electrons. The highest BCUT2D eigenvalue weighted by molar-refractivity contribution is 5.71. The van der Waals surface area contributed by atoms with E-state index in [0.29, 0.717) is 19.3 Å². The quantitative estimate of drug-likeness (QED) is 0.0262. The van der Waals surface area contributed by atoms with Crippen LogP contribution in [0.15, 0.2) is 36.5 Å². The van der Waals surface area contributed by atoms with Crippen molar-refractivity contribution in [2.45, 2.75) is 329 Å². The summed E-state index contributed by atoms with van der Waals surface area (Å²) in [5.74, 6) is -0.861. The molecule has 0 aliphatic heterocycles. The molecule has 0 fully saturated rings. The lowest BCUT2D eigenvalue weighted by atomic mass is 10.0. The number of hydrogen-bond donors (Lipinski definition) is 0. The summed E-state index contributed by atoms with van der Waals surface area (Å²) in [6.07, 6.45) is 68.6. The average Bonchev–Trinajstić information content (AvgIpc) is 3.34. The first kappa shape index (κ1) is 65.6. The molecule has 0 aromatic carbocycles. The zero-order chi connectivity index (χ0) is 49.3. The second-order valence-corrected chi connectivity index (χ2v) is 20.2. The Labute approximate surface area is 423 Å². The smallest absolute Gasteiger partial charge is 0.306 e. The lowest BCUT2D eigenvalue weighted by molar-refractivity contribution is -0.167. The van der Waals surface area contributed by atoms with Gasteiger partial charge in [0.05, 0.1) is 0 Å². The van der Waals surface area contributed by atoms with Gasteiger partial charge in [-0.25, -0.2) is 0 Å². The van der Waals surface area contributed by atoms with Gasteiger partial charge < -0.3 is 14.2 Å². The van der Waals surface area contributed by atoms with E-state index >= 15 is 0 Å². The highest BCUT2D eigenvalue weighted by Crippen LogP contribution is 2.17. The first-order chi connectivity index (χ1) is 33.5. The van der Waals surface area contributed by atoms with Crippen LogP contribution in [0.1, 0.15) is 323 Å². The summed E-state index contributed by atoms with van der Waals surface area (Å²) in [5.41, 5.74) is 0. The molecule has 6 heteroatoms. The van der Waals surface area contributed by atoms with Crippen LogP contribution in [-0.2, 0) is 28.6 Å². The minimum absolute atomic E-state index is 0.0712. The maximum atomic E-state index is 12.9. The number of allylic oxidation sites excluding steroid dienone is 6. The molecule has 0 heterocycles. The lowest BCUT2D eigenvalue weighted by Crippen LogP contribution is -2.30. The van der Waals surface area contributed by atoms with E-state index in [0.717, 1.165) is 83.5 Å². The number of ether oxygens (including phenoxy) is 3. The van der Waals surface area contributed by atoms with Crippen molar-refractivity contribution in [3.05, 3.63) is 36.5 Å². The van der Waals surface area contributed by atoms with Gasteiger partial charge in [-0.1, -0.05) is 288 Å². The molecule has 0 saturated heterocycles. The molecule has 1 atom stereocenters. The summed E-state index contributed by atoms with van der Waals surface area (Å²) in [5, 5.41) is 0. The Morgan fingerprint density at radius 2 is 0.574 bits per heavy atom. The van der Waals surface area contributed by atoms with Crippen LogP contribution in [0.25, 0.3) is 0 Å². The van der Waals surface area contributed by atoms with Crippen molar-refractivity contribution >= 4 is 17.9 Å². The van der Waals surface area contributed by atoms with Gasteiger partial charge in [0.2, 0.25) is 0 Å². The van der Waals surface area contributed by atoms with Crippen LogP contribution in [0.4, 0.5) is 0 Å². The molecule has 1 unspecified atom stereocenters. The molecule has 0 spiro atoms. The normalized spacial score (nSPS) is 12.2. The zero-order valence-corrected chi connectivity index (χ0v) is 45.6. The van der Waals surface area contributed by atoms with Crippen LogP contribution < -0.4 is 0 Å². The van der Waals surface area contributed by atoms with Crippen molar-refractivity contribution in [2.75, 3.05) is 13.2 Å². The summed E-state index contributed by atoms with van der Waals surface area (Å²) < 4.78 is 16.9. The molecule has 0 aliphatic rings. The fraction of sp³-hybridized carbons (Fsp3) is 0.855. The Bertz CT molecular complexity index is 1140. The van der Waals surface area contributed by atoms with Crippen molar-refractivity contribution in [2.24, 2.45) is 0 Å². The predicted octanol–water partition coefficient (Wildman–Crippen LogP) is 20.0. The van der Waals surface area contributed by atoms with E-state index in [-0.39, 0.29) is 31.1 Å². The van der Waals surface area contributed by atoms with Crippen LogP contribution in [-0.4, -0.2) is 37.2 Å². The van der Waals surface area contributed by atoms with Gasteiger partial charge in [0.15, 0.2) is 6.10 Å². The number of unbranched alkanes of at least 4 members (excludes halogenated alkanes) is 38. The molecule has 0 amide bonds. The number of carbonyl (C=O) groups excluding carboxylic acids is 3. The Morgan fingerprint density at radius 1 is 0.309 bits per heavy atom. The van der Waals surface area contributed by atoms with E-state index in [1.807, 2.05) is 0 Å². The van der Waals surface area contributed by atoms with Crippen LogP contribution in [0.2, 0.25) is 0 Å². The van der Waals surface area contributed by atoms with Gasteiger partial charge in [-0.2, -0.15) is 0 Å². The topological polar surface area (TPSA) is 78.9 Å². The van der Waals surface area contributed by atoms with E-state index in [4.69, 9.17) is 14.2 Å². The summed E-state index contributed by atoms with van der Waals surface area (Å²) >= 11 is 0. The molecule has 0 bridgehead atoms. The summed E-state index contributed by atoms with van der Waals surface area (Å²) in [7, 11) is 0. The molecule has 0 saturated carbocycles. The molecule has 0 N–H and O–H groups in total. The van der Waals surface area contributed by atoms with E-state index in [2.05, 4.69) is 57.2 Å². The molecule has 0 aromatic heterocycles. The second kappa shape index (κ2) is 57.2. The third-order valence-corrected chi connectivity index (χ3v) is 13.4. The van der Waals surface area contributed by atoms with Crippen LogP contribution in [0, 0.1) is 0 Å².